The van der Waals surface area contributed by atoms with Gasteiger partial charge in [-0.25, -0.2) is 4.39 Å². The van der Waals surface area contributed by atoms with Gasteiger partial charge in [0.1, 0.15) is 17.6 Å². The van der Waals surface area contributed by atoms with Crippen LogP contribution in [0, 0.1) is 5.82 Å². The van der Waals surface area contributed by atoms with E-state index in [9.17, 15) is 14.0 Å². The number of para-hydroxylation sites is 1. The minimum absolute atomic E-state index is 0.00740. The Balaban J connectivity index is 2.12. The first-order valence-electron chi connectivity index (χ1n) is 9.05. The number of amides is 2. The fourth-order valence-corrected chi connectivity index (χ4v) is 3.41. The maximum Gasteiger partial charge on any atom is 0.255 e. The van der Waals surface area contributed by atoms with E-state index in [2.05, 4.69) is 10.6 Å². The highest BCUT2D eigenvalue weighted by atomic mass is 35.5. The number of carbonyl (C=O) groups is 2. The number of hydrogen-bond acceptors (Lipinski definition) is 4. The Bertz CT molecular complexity index is 866. The van der Waals surface area contributed by atoms with Gasteiger partial charge in [-0.15, -0.1) is 0 Å². The molecule has 5 nitrogen and oxygen atoms in total. The van der Waals surface area contributed by atoms with E-state index in [1.54, 1.807) is 49.0 Å². The number of carbonyl (C=O) groups excluding carboxylic acids is 2. The van der Waals surface area contributed by atoms with Crippen molar-refractivity contribution in [3.8, 4) is 5.75 Å². The molecule has 29 heavy (non-hydrogen) atoms. The Morgan fingerprint density at radius 2 is 1.93 bits per heavy atom. The molecule has 0 spiro atoms. The van der Waals surface area contributed by atoms with Gasteiger partial charge in [0.2, 0.25) is 5.91 Å². The molecule has 2 aromatic carbocycles. The lowest BCUT2D eigenvalue weighted by atomic mass is 10.1. The van der Waals surface area contributed by atoms with Crippen LogP contribution in [-0.2, 0) is 4.79 Å². The molecule has 0 aliphatic rings. The normalized spacial score (nSPS) is 12.7. The fourth-order valence-electron chi connectivity index (χ4n) is 2.75. The van der Waals surface area contributed by atoms with E-state index in [1.807, 2.05) is 6.26 Å². The summed E-state index contributed by atoms with van der Waals surface area (Å²) in [6.07, 6.45) is 2.39. The van der Waals surface area contributed by atoms with Gasteiger partial charge in [-0.2, -0.15) is 11.8 Å². The van der Waals surface area contributed by atoms with Crippen molar-refractivity contribution in [3.05, 3.63) is 64.4 Å². The van der Waals surface area contributed by atoms with Crippen LogP contribution in [0.2, 0.25) is 5.02 Å². The summed E-state index contributed by atoms with van der Waals surface area (Å²) in [5.74, 6) is -0.100. The summed E-state index contributed by atoms with van der Waals surface area (Å²) in [5.41, 5.74) is 1.03. The summed E-state index contributed by atoms with van der Waals surface area (Å²) in [5, 5.41) is 5.64. The second kappa shape index (κ2) is 11.1. The van der Waals surface area contributed by atoms with Crippen molar-refractivity contribution in [2.75, 3.05) is 19.1 Å². The molecule has 2 amide bonds. The van der Waals surface area contributed by atoms with E-state index in [0.717, 1.165) is 0 Å². The molecule has 2 unspecified atom stereocenters. The van der Waals surface area contributed by atoms with Crippen LogP contribution in [0.5, 0.6) is 5.75 Å². The van der Waals surface area contributed by atoms with Crippen LogP contribution < -0.4 is 15.4 Å². The van der Waals surface area contributed by atoms with E-state index < -0.39 is 17.9 Å². The molecule has 2 atom stereocenters. The van der Waals surface area contributed by atoms with Crippen molar-refractivity contribution in [3.63, 3.8) is 0 Å². The number of rotatable bonds is 9. The molecule has 2 rings (SSSR count). The maximum absolute atomic E-state index is 13.4. The van der Waals surface area contributed by atoms with Crippen LogP contribution >= 0.6 is 23.4 Å². The molecule has 0 radical (unpaired) electrons. The van der Waals surface area contributed by atoms with Gasteiger partial charge in [0.05, 0.1) is 23.7 Å². The Morgan fingerprint density at radius 3 is 2.59 bits per heavy atom. The topological polar surface area (TPSA) is 67.4 Å². The Hall–Kier alpha value is -2.25. The lowest BCUT2D eigenvalue weighted by Crippen LogP contribution is -2.47. The number of ether oxygens (including phenoxy) is 1. The lowest BCUT2D eigenvalue weighted by molar-refractivity contribution is -0.123. The molecule has 0 aliphatic heterocycles. The molecule has 0 aliphatic carbocycles. The first-order chi connectivity index (χ1) is 13.9. The van der Waals surface area contributed by atoms with E-state index in [-0.39, 0.29) is 16.8 Å². The molecule has 2 N–H and O–H groups in total. The summed E-state index contributed by atoms with van der Waals surface area (Å²) < 4.78 is 18.6. The molecule has 0 heterocycles. The third-order valence-corrected chi connectivity index (χ3v) is 5.32. The average Bonchev–Trinajstić information content (AvgIpc) is 2.72. The highest BCUT2D eigenvalue weighted by molar-refractivity contribution is 7.98. The van der Waals surface area contributed by atoms with Crippen LogP contribution in [0.3, 0.4) is 0 Å². The second-order valence-electron chi connectivity index (χ2n) is 6.41. The van der Waals surface area contributed by atoms with Crippen molar-refractivity contribution < 1.29 is 18.7 Å². The quantitative estimate of drug-likeness (QED) is 0.615. The SMILES string of the molecule is COc1ccccc1C(=O)NC(CCSC)C(=O)NC(C)c1ccc(F)c(Cl)c1. The van der Waals surface area contributed by atoms with Crippen molar-refractivity contribution in [1.29, 1.82) is 0 Å². The number of methoxy groups -OCH3 is 1. The largest absolute Gasteiger partial charge is 0.496 e. The third kappa shape index (κ3) is 6.37. The average molecular weight is 439 g/mol. The molecule has 0 saturated carbocycles. The van der Waals surface area contributed by atoms with Gasteiger partial charge in [-0.3, -0.25) is 9.59 Å². The number of hydrogen-bond donors (Lipinski definition) is 2. The van der Waals surface area contributed by atoms with Gasteiger partial charge in [0.25, 0.3) is 5.91 Å². The zero-order chi connectivity index (χ0) is 21.4. The zero-order valence-corrected chi connectivity index (χ0v) is 18.1. The van der Waals surface area contributed by atoms with Crippen LogP contribution in [0.25, 0.3) is 0 Å². The summed E-state index contributed by atoms with van der Waals surface area (Å²) in [6, 6.07) is 10.0. The predicted molar refractivity (Wildman–Crippen MR) is 115 cm³/mol. The van der Waals surface area contributed by atoms with Crippen molar-refractivity contribution in [1.82, 2.24) is 10.6 Å². The van der Waals surface area contributed by atoms with Crippen molar-refractivity contribution >= 4 is 35.2 Å². The van der Waals surface area contributed by atoms with Crippen molar-refractivity contribution in [2.45, 2.75) is 25.4 Å². The van der Waals surface area contributed by atoms with Gasteiger partial charge in [-0.05, 0) is 55.2 Å². The van der Waals surface area contributed by atoms with E-state index in [1.165, 1.54) is 19.2 Å². The molecule has 0 bridgehead atoms. The number of thioether (sulfide) groups is 1. The molecule has 0 saturated heterocycles. The summed E-state index contributed by atoms with van der Waals surface area (Å²) in [7, 11) is 1.49. The second-order valence-corrected chi connectivity index (χ2v) is 7.80. The van der Waals surface area contributed by atoms with Crippen LogP contribution in [-0.4, -0.2) is 37.0 Å². The summed E-state index contributed by atoms with van der Waals surface area (Å²) >= 11 is 7.41. The van der Waals surface area contributed by atoms with Crippen LogP contribution in [0.15, 0.2) is 42.5 Å². The fraction of sp³-hybridized carbons (Fsp3) is 0.333. The Labute approximate surface area is 179 Å². The minimum atomic E-state index is -0.724. The standard InChI is InChI=1S/C21H24ClFN2O3S/c1-13(14-8-9-17(23)16(22)12-14)24-21(27)18(10-11-29-3)25-20(26)15-6-4-5-7-19(15)28-2/h4-9,12-13,18H,10-11H2,1-3H3,(H,24,27)(H,25,26). The Morgan fingerprint density at radius 1 is 1.21 bits per heavy atom. The van der Waals surface area contributed by atoms with E-state index in [4.69, 9.17) is 16.3 Å². The van der Waals surface area contributed by atoms with Crippen molar-refractivity contribution in [2.24, 2.45) is 0 Å². The van der Waals surface area contributed by atoms with Gasteiger partial charge in [0.15, 0.2) is 0 Å². The van der Waals surface area contributed by atoms with Gasteiger partial charge in [-0.1, -0.05) is 29.8 Å². The first kappa shape index (κ1) is 23.0. The van der Waals surface area contributed by atoms with Gasteiger partial charge < -0.3 is 15.4 Å². The molecular weight excluding hydrogens is 415 g/mol. The molecular formula is C21H24ClFN2O3S. The molecule has 8 heteroatoms. The number of halogens is 2. The summed E-state index contributed by atoms with van der Waals surface area (Å²) in [4.78, 5) is 25.5. The highest BCUT2D eigenvalue weighted by Crippen LogP contribution is 2.21. The number of nitrogens with one attached hydrogen (secondary N) is 2. The summed E-state index contributed by atoms with van der Waals surface area (Å²) in [6.45, 7) is 1.77. The molecule has 156 valence electrons. The highest BCUT2D eigenvalue weighted by Gasteiger charge is 2.24. The third-order valence-electron chi connectivity index (χ3n) is 4.39. The maximum atomic E-state index is 13.4. The zero-order valence-electron chi connectivity index (χ0n) is 16.5. The van der Waals surface area contributed by atoms with Gasteiger partial charge in [0, 0.05) is 0 Å². The van der Waals surface area contributed by atoms with E-state index in [0.29, 0.717) is 29.1 Å². The van der Waals surface area contributed by atoms with Crippen LogP contribution in [0.1, 0.15) is 35.3 Å². The lowest BCUT2D eigenvalue weighted by Gasteiger charge is -2.22. The Kier molecular flexibility index (Phi) is 8.79. The minimum Gasteiger partial charge on any atom is -0.496 e. The molecule has 2 aromatic rings. The predicted octanol–water partition coefficient (Wildman–Crippen LogP) is 4.22. The smallest absolute Gasteiger partial charge is 0.255 e. The van der Waals surface area contributed by atoms with Gasteiger partial charge >= 0.3 is 0 Å². The molecule has 0 aromatic heterocycles. The monoisotopic (exact) mass is 438 g/mol. The number of benzene rings is 2. The molecule has 0 fully saturated rings. The van der Waals surface area contributed by atoms with E-state index >= 15 is 0 Å². The van der Waals surface area contributed by atoms with Crippen LogP contribution in [0.4, 0.5) is 4.39 Å². The first-order valence-corrected chi connectivity index (χ1v) is 10.8.